The van der Waals surface area contributed by atoms with Crippen molar-refractivity contribution in [3.05, 3.63) is 90.0 Å². The Kier molecular flexibility index (Phi) is 5.94. The summed E-state index contributed by atoms with van der Waals surface area (Å²) in [5.74, 6) is 0.734. The van der Waals surface area contributed by atoms with Crippen LogP contribution in [-0.4, -0.2) is 20.9 Å². The number of esters is 1. The van der Waals surface area contributed by atoms with Gasteiger partial charge in [-0.1, -0.05) is 101 Å². The molecule has 4 heteroatoms. The molecule has 2 atom stereocenters. The van der Waals surface area contributed by atoms with Gasteiger partial charge in [-0.15, -0.1) is 0 Å². The van der Waals surface area contributed by atoms with Crippen LogP contribution < -0.4 is 14.8 Å². The minimum Gasteiger partial charge on any atom is -0.534 e. The molecular formula is C32H38O3Si. The van der Waals surface area contributed by atoms with E-state index < -0.39 is 8.32 Å². The Morgan fingerprint density at radius 1 is 0.944 bits per heavy atom. The summed E-state index contributed by atoms with van der Waals surface area (Å²) in [6.45, 7) is 13.7. The Hall–Kier alpha value is -2.85. The first-order chi connectivity index (χ1) is 17.1. The van der Waals surface area contributed by atoms with E-state index in [1.165, 1.54) is 21.5 Å². The van der Waals surface area contributed by atoms with Crippen LogP contribution in [0.5, 0.6) is 5.75 Å². The number of fused-ring (bicyclic) bond motifs is 2. The van der Waals surface area contributed by atoms with Gasteiger partial charge in [-0.2, -0.15) is 0 Å². The normalized spacial score (nSPS) is 22.2. The maximum absolute atomic E-state index is 13.0. The summed E-state index contributed by atoms with van der Waals surface area (Å²) < 4.78 is 12.8. The van der Waals surface area contributed by atoms with Gasteiger partial charge in [0.2, 0.25) is 0 Å². The first kappa shape index (κ1) is 24.8. The van der Waals surface area contributed by atoms with E-state index in [0.717, 1.165) is 18.6 Å². The maximum atomic E-state index is 13.0. The second-order valence-electron chi connectivity index (χ2n) is 12.0. The van der Waals surface area contributed by atoms with Crippen LogP contribution in [0, 0.1) is 11.3 Å². The highest BCUT2D eigenvalue weighted by molar-refractivity contribution is 7.00. The molecule has 0 aromatic heterocycles. The fourth-order valence-corrected chi connectivity index (χ4v) is 11.5. The molecule has 36 heavy (non-hydrogen) atoms. The maximum Gasteiger partial charge on any atom is 0.319 e. The molecule has 0 saturated heterocycles. The van der Waals surface area contributed by atoms with Crippen molar-refractivity contribution in [3.8, 4) is 5.75 Å². The molecule has 1 saturated carbocycles. The van der Waals surface area contributed by atoms with Crippen LogP contribution in [0.4, 0.5) is 0 Å². The van der Waals surface area contributed by atoms with Gasteiger partial charge in [-0.05, 0) is 63.9 Å². The quantitative estimate of drug-likeness (QED) is 0.308. The van der Waals surface area contributed by atoms with Gasteiger partial charge in [0.1, 0.15) is 5.75 Å². The lowest BCUT2D eigenvalue weighted by Crippen LogP contribution is -2.68. The van der Waals surface area contributed by atoms with Gasteiger partial charge >= 0.3 is 14.3 Å². The number of aryl methyl sites for hydroxylation is 1. The summed E-state index contributed by atoms with van der Waals surface area (Å²) in [6, 6.07) is 28.1. The average Bonchev–Trinajstić information content (AvgIpc) is 3.13. The topological polar surface area (TPSA) is 35.5 Å². The van der Waals surface area contributed by atoms with Crippen molar-refractivity contribution in [3.63, 3.8) is 0 Å². The van der Waals surface area contributed by atoms with Crippen LogP contribution in [0.1, 0.15) is 59.1 Å². The molecular weight excluding hydrogens is 460 g/mol. The van der Waals surface area contributed by atoms with Crippen molar-refractivity contribution in [1.82, 2.24) is 0 Å². The molecule has 0 N–H and O–H groups in total. The van der Waals surface area contributed by atoms with Crippen LogP contribution in [0.2, 0.25) is 5.04 Å². The number of hydrogen-bond donors (Lipinski definition) is 0. The fraction of sp³-hybridized carbons (Fsp3) is 0.406. The zero-order valence-electron chi connectivity index (χ0n) is 22.4. The van der Waals surface area contributed by atoms with E-state index in [4.69, 9.17) is 9.16 Å². The predicted octanol–water partition coefficient (Wildman–Crippen LogP) is 6.03. The van der Waals surface area contributed by atoms with Crippen molar-refractivity contribution in [2.24, 2.45) is 11.3 Å². The van der Waals surface area contributed by atoms with Crippen LogP contribution in [0.3, 0.4) is 0 Å². The van der Waals surface area contributed by atoms with Crippen LogP contribution in [0.25, 0.3) is 0 Å². The third-order valence-corrected chi connectivity index (χ3v) is 13.8. The van der Waals surface area contributed by atoms with E-state index in [2.05, 4.69) is 113 Å². The second kappa shape index (κ2) is 8.62. The molecule has 1 spiro atoms. The van der Waals surface area contributed by atoms with Crippen molar-refractivity contribution in [2.75, 3.05) is 6.61 Å². The molecule has 0 heterocycles. The third-order valence-electron chi connectivity index (χ3n) is 8.84. The highest BCUT2D eigenvalue weighted by atomic mass is 28.4. The van der Waals surface area contributed by atoms with Crippen LogP contribution in [-0.2, 0) is 21.4 Å². The van der Waals surface area contributed by atoms with Crippen molar-refractivity contribution in [2.45, 2.75) is 64.8 Å². The van der Waals surface area contributed by atoms with Gasteiger partial charge in [-0.3, -0.25) is 4.79 Å². The molecule has 5 rings (SSSR count). The fourth-order valence-electron chi connectivity index (χ4n) is 7.09. The van der Waals surface area contributed by atoms with Crippen molar-refractivity contribution >= 4 is 24.7 Å². The Bertz CT molecular complexity index is 1220. The Labute approximate surface area is 217 Å². The number of hydrogen-bond acceptors (Lipinski definition) is 3. The van der Waals surface area contributed by atoms with Crippen molar-refractivity contribution in [1.29, 1.82) is 0 Å². The van der Waals surface area contributed by atoms with E-state index in [1.54, 1.807) is 0 Å². The van der Waals surface area contributed by atoms with E-state index in [0.29, 0.717) is 6.61 Å². The first-order valence-corrected chi connectivity index (χ1v) is 15.1. The van der Waals surface area contributed by atoms with E-state index >= 15 is 0 Å². The SMILES string of the molecule is CCOC(=O)C1C(C)(C)C12CCc1ccc(O[Si](c3ccccc3)(c3ccccc3)C(C)(C)C)cc12. The monoisotopic (exact) mass is 498 g/mol. The average molecular weight is 499 g/mol. The van der Waals surface area contributed by atoms with Gasteiger partial charge in [0.15, 0.2) is 0 Å². The number of rotatable bonds is 6. The van der Waals surface area contributed by atoms with Crippen LogP contribution in [0.15, 0.2) is 78.9 Å². The molecule has 188 valence electrons. The van der Waals surface area contributed by atoms with Crippen LogP contribution >= 0.6 is 0 Å². The molecule has 2 aliphatic carbocycles. The smallest absolute Gasteiger partial charge is 0.319 e. The number of ether oxygens (including phenoxy) is 1. The largest absolute Gasteiger partial charge is 0.534 e. The second-order valence-corrected chi connectivity index (χ2v) is 16.2. The van der Waals surface area contributed by atoms with Gasteiger partial charge < -0.3 is 9.16 Å². The molecule has 3 aromatic carbocycles. The molecule has 1 fully saturated rings. The number of carbonyl (C=O) groups is 1. The summed E-state index contributed by atoms with van der Waals surface area (Å²) in [7, 11) is -2.73. The molecule has 2 aliphatic rings. The standard InChI is InChI=1S/C32H38O3Si/c1-7-34-29(33)28-31(5,6)32(28)21-20-23-18-19-24(22-27(23)32)35-36(30(2,3)4,25-14-10-8-11-15-25)26-16-12-9-13-17-26/h8-19,22,28H,7,20-21H2,1-6H3. The number of benzene rings is 3. The van der Waals surface area contributed by atoms with Gasteiger partial charge in [-0.25, -0.2) is 0 Å². The summed E-state index contributed by atoms with van der Waals surface area (Å²) in [5, 5.41) is 2.41. The lowest BCUT2D eigenvalue weighted by atomic mass is 9.89. The zero-order chi connectivity index (χ0) is 25.8. The van der Waals surface area contributed by atoms with E-state index in [9.17, 15) is 4.79 Å². The summed E-state index contributed by atoms with van der Waals surface area (Å²) in [6.07, 6.45) is 1.98. The highest BCUT2D eigenvalue weighted by Crippen LogP contribution is 2.74. The lowest BCUT2D eigenvalue weighted by Gasteiger charge is -2.43. The number of carbonyl (C=O) groups excluding carboxylic acids is 1. The Morgan fingerprint density at radius 3 is 2.06 bits per heavy atom. The minimum atomic E-state index is -2.73. The van der Waals surface area contributed by atoms with Gasteiger partial charge in [0.25, 0.3) is 0 Å². The minimum absolute atomic E-state index is 0.0614. The van der Waals surface area contributed by atoms with E-state index in [-0.39, 0.29) is 27.8 Å². The summed E-state index contributed by atoms with van der Waals surface area (Å²) in [4.78, 5) is 13.0. The Morgan fingerprint density at radius 2 is 1.53 bits per heavy atom. The molecule has 0 amide bonds. The van der Waals surface area contributed by atoms with Crippen molar-refractivity contribution < 1.29 is 14.0 Å². The molecule has 2 unspecified atom stereocenters. The summed E-state index contributed by atoms with van der Waals surface area (Å²) >= 11 is 0. The molecule has 0 radical (unpaired) electrons. The summed E-state index contributed by atoms with van der Waals surface area (Å²) in [5.41, 5.74) is 2.32. The molecule has 3 nitrogen and oxygen atoms in total. The third kappa shape index (κ3) is 3.48. The Balaban J connectivity index is 1.63. The van der Waals surface area contributed by atoms with Gasteiger partial charge in [0, 0.05) is 5.41 Å². The lowest BCUT2D eigenvalue weighted by molar-refractivity contribution is -0.145. The van der Waals surface area contributed by atoms with E-state index in [1.807, 2.05) is 6.92 Å². The zero-order valence-corrected chi connectivity index (χ0v) is 23.4. The first-order valence-electron chi connectivity index (χ1n) is 13.2. The predicted molar refractivity (Wildman–Crippen MR) is 149 cm³/mol. The molecule has 0 bridgehead atoms. The molecule has 0 aliphatic heterocycles. The van der Waals surface area contributed by atoms with Gasteiger partial charge in [0.05, 0.1) is 12.5 Å². The molecule has 3 aromatic rings. The highest BCUT2D eigenvalue weighted by Gasteiger charge is 2.76.